The molecule has 0 spiro atoms. The fourth-order valence-electron chi connectivity index (χ4n) is 4.79. The maximum atomic E-state index is 13.1. The lowest BCUT2D eigenvalue weighted by molar-refractivity contribution is -0.126. The smallest absolute Gasteiger partial charge is 0.252 e. The molecule has 1 aromatic rings. The normalized spacial score (nSPS) is 20.4. The Labute approximate surface area is 239 Å². The van der Waals surface area contributed by atoms with Crippen LogP contribution in [0.3, 0.4) is 0 Å². The predicted octanol–water partition coefficient (Wildman–Crippen LogP) is 4.60. The van der Waals surface area contributed by atoms with Crippen LogP contribution < -0.4 is 5.32 Å². The van der Waals surface area contributed by atoms with Gasteiger partial charge >= 0.3 is 0 Å². The molecule has 1 aliphatic rings. The van der Waals surface area contributed by atoms with Gasteiger partial charge in [-0.25, -0.2) is 0 Å². The van der Waals surface area contributed by atoms with E-state index >= 15 is 0 Å². The number of carbonyl (C=O) groups is 4. The van der Waals surface area contributed by atoms with Crippen LogP contribution >= 0.6 is 0 Å². The van der Waals surface area contributed by atoms with E-state index in [2.05, 4.69) is 11.9 Å². The molecule has 4 atom stereocenters. The average Bonchev–Trinajstić information content (AvgIpc) is 3.61. The first-order chi connectivity index (χ1) is 18.7. The van der Waals surface area contributed by atoms with Crippen LogP contribution in [0, 0.1) is 17.8 Å². The number of ketones is 2. The zero-order valence-corrected chi connectivity index (χ0v) is 25.5. The van der Waals surface area contributed by atoms with Gasteiger partial charge in [0.15, 0.2) is 11.6 Å². The van der Waals surface area contributed by atoms with E-state index in [4.69, 9.17) is 0 Å². The molecule has 40 heavy (non-hydrogen) atoms. The van der Waals surface area contributed by atoms with Gasteiger partial charge in [0.25, 0.3) is 5.91 Å². The molecule has 216 valence electrons. The van der Waals surface area contributed by atoms with E-state index in [1.807, 2.05) is 70.1 Å². The molecule has 0 aromatic heterocycles. The Hall–Kier alpha value is -3.58. The minimum absolute atomic E-state index is 0.0485. The average molecular weight is 548 g/mol. The lowest BCUT2D eigenvalue weighted by atomic mass is 9.99. The summed E-state index contributed by atoms with van der Waals surface area (Å²) < 4.78 is 0. The molecule has 1 fully saturated rings. The first kappa shape index (κ1) is 32.6. The molecule has 2 amide bonds. The van der Waals surface area contributed by atoms with Crippen molar-refractivity contribution in [3.05, 3.63) is 76.5 Å². The fraction of sp³-hybridized carbons (Fsp3) is 0.455. The zero-order chi connectivity index (χ0) is 30.3. The van der Waals surface area contributed by atoms with Gasteiger partial charge in [-0.15, -0.1) is 0 Å². The second kappa shape index (κ2) is 14.2. The third-order valence-electron chi connectivity index (χ3n) is 8.08. The van der Waals surface area contributed by atoms with Crippen LogP contribution in [0.25, 0.3) is 6.08 Å². The highest BCUT2D eigenvalue weighted by Gasteiger charge is 2.56. The van der Waals surface area contributed by atoms with Gasteiger partial charge in [-0.3, -0.25) is 24.1 Å². The van der Waals surface area contributed by atoms with E-state index in [1.165, 1.54) is 11.8 Å². The Bertz CT molecular complexity index is 1240. The van der Waals surface area contributed by atoms with Gasteiger partial charge in [0.05, 0.1) is 11.6 Å². The van der Waals surface area contributed by atoms with Crippen molar-refractivity contribution in [3.63, 3.8) is 0 Å². The van der Waals surface area contributed by atoms with Crippen LogP contribution in [0.15, 0.2) is 65.4 Å². The van der Waals surface area contributed by atoms with Gasteiger partial charge in [0.1, 0.15) is 0 Å². The molecule has 1 saturated carbocycles. The van der Waals surface area contributed by atoms with Crippen molar-refractivity contribution in [1.82, 2.24) is 15.1 Å². The summed E-state index contributed by atoms with van der Waals surface area (Å²) in [4.78, 5) is 53.5. The number of carbonyl (C=O) groups excluding carboxylic acids is 4. The monoisotopic (exact) mass is 547 g/mol. The first-order valence-corrected chi connectivity index (χ1v) is 13.8. The fourth-order valence-corrected chi connectivity index (χ4v) is 4.79. The number of benzene rings is 1. The third-order valence-corrected chi connectivity index (χ3v) is 8.08. The largest absolute Gasteiger partial charge is 0.355 e. The number of amides is 2. The van der Waals surface area contributed by atoms with Crippen molar-refractivity contribution >= 4 is 29.5 Å². The van der Waals surface area contributed by atoms with Crippen LogP contribution in [0.2, 0.25) is 0 Å². The number of nitrogens with one attached hydrogen (secondary N) is 1. The Morgan fingerprint density at radius 2 is 1.62 bits per heavy atom. The Balaban J connectivity index is 2.11. The summed E-state index contributed by atoms with van der Waals surface area (Å²) in [6.45, 7) is 12.8. The second-order valence-electron chi connectivity index (χ2n) is 11.0. The summed E-state index contributed by atoms with van der Waals surface area (Å²) in [7, 11) is 6.96. The first-order valence-electron chi connectivity index (χ1n) is 13.8. The number of rotatable bonds is 13. The summed E-state index contributed by atoms with van der Waals surface area (Å²) in [5.41, 5.74) is 4.56. The van der Waals surface area contributed by atoms with Gasteiger partial charge in [0, 0.05) is 38.6 Å². The number of nitrogens with zero attached hydrogens (tertiary/aromatic N) is 2. The highest BCUT2D eigenvalue weighted by Crippen LogP contribution is 2.49. The van der Waals surface area contributed by atoms with Crippen LogP contribution in [0.1, 0.15) is 52.2 Å². The molecule has 4 unspecified atom stereocenters. The van der Waals surface area contributed by atoms with Gasteiger partial charge in [-0.2, -0.15) is 0 Å². The van der Waals surface area contributed by atoms with Gasteiger partial charge in [-0.05, 0) is 88.1 Å². The molecular weight excluding hydrogens is 502 g/mol. The third kappa shape index (κ3) is 7.98. The Kier molecular flexibility index (Phi) is 11.6. The summed E-state index contributed by atoms with van der Waals surface area (Å²) in [6.07, 6.45) is 6.79. The SMILES string of the molecule is C=C/C(=C/C(C(=O)NC)=C(\C)N(C)C(C)=O)CCc1ccc(/C=C(\C)C(=O)C2C(C)C2C(=O)C(C)N(C)C)cc1. The molecule has 0 heterocycles. The molecule has 2 rings (SSSR count). The van der Waals surface area contributed by atoms with Gasteiger partial charge in [0.2, 0.25) is 5.91 Å². The second-order valence-corrected chi connectivity index (χ2v) is 11.0. The minimum Gasteiger partial charge on any atom is -0.355 e. The number of Topliss-reactive ketones (excluding diaryl/α,β-unsaturated/α-hetero) is 2. The molecule has 1 aromatic carbocycles. The van der Waals surface area contributed by atoms with E-state index in [-0.39, 0.29) is 47.2 Å². The van der Waals surface area contributed by atoms with Crippen molar-refractivity contribution in [3.8, 4) is 0 Å². The van der Waals surface area contributed by atoms with Gasteiger partial charge < -0.3 is 10.2 Å². The topological polar surface area (TPSA) is 86.8 Å². The lowest BCUT2D eigenvalue weighted by Crippen LogP contribution is -2.34. The van der Waals surface area contributed by atoms with Crippen molar-refractivity contribution in [1.29, 1.82) is 0 Å². The molecule has 1 aliphatic carbocycles. The standard InChI is InChI=1S/C33H45N3O4/c1-11-25(19-28(33(40)34-7)22(4)36(10)24(6)37)12-13-26-14-16-27(17-15-26)18-20(2)31(38)29-21(3)30(29)32(39)23(5)35(8)9/h11,14-19,21,23,29-30H,1,12-13H2,2-10H3,(H,34,40)/b20-18+,25-19-,28-22-. The quantitative estimate of drug-likeness (QED) is 0.288. The number of aryl methyl sites for hydroxylation is 1. The Morgan fingerprint density at radius 3 is 2.12 bits per heavy atom. The maximum Gasteiger partial charge on any atom is 0.252 e. The number of allylic oxidation sites excluding steroid dienone is 4. The minimum atomic E-state index is -0.269. The van der Waals surface area contributed by atoms with E-state index < -0.39 is 0 Å². The molecule has 0 saturated heterocycles. The van der Waals surface area contributed by atoms with Crippen LogP contribution in [0.5, 0.6) is 0 Å². The van der Waals surface area contributed by atoms with E-state index in [0.717, 1.165) is 23.1 Å². The highest BCUT2D eigenvalue weighted by molar-refractivity contribution is 6.06. The maximum absolute atomic E-state index is 13.1. The number of likely N-dealkylation sites (N-methyl/N-ethyl adjacent to an activating group) is 2. The van der Waals surface area contributed by atoms with Crippen LogP contribution in [-0.4, -0.2) is 67.4 Å². The van der Waals surface area contributed by atoms with Crippen molar-refractivity contribution in [2.24, 2.45) is 17.8 Å². The van der Waals surface area contributed by atoms with E-state index in [9.17, 15) is 19.2 Å². The van der Waals surface area contributed by atoms with Crippen molar-refractivity contribution in [2.75, 3.05) is 28.2 Å². The molecule has 0 radical (unpaired) electrons. The molecule has 0 bridgehead atoms. The lowest BCUT2D eigenvalue weighted by Gasteiger charge is -2.19. The van der Waals surface area contributed by atoms with Crippen molar-refractivity contribution < 1.29 is 19.2 Å². The van der Waals surface area contributed by atoms with Crippen LogP contribution in [-0.2, 0) is 25.6 Å². The predicted molar refractivity (Wildman–Crippen MR) is 161 cm³/mol. The number of hydrogen-bond donors (Lipinski definition) is 1. The van der Waals surface area contributed by atoms with E-state index in [1.54, 1.807) is 33.2 Å². The van der Waals surface area contributed by atoms with Gasteiger partial charge in [-0.1, -0.05) is 43.8 Å². The van der Waals surface area contributed by atoms with E-state index in [0.29, 0.717) is 23.3 Å². The molecule has 7 heteroatoms. The molecular formula is C33H45N3O4. The van der Waals surface area contributed by atoms with Crippen LogP contribution in [0.4, 0.5) is 0 Å². The number of hydrogen-bond acceptors (Lipinski definition) is 5. The van der Waals surface area contributed by atoms with Crippen molar-refractivity contribution in [2.45, 2.75) is 53.5 Å². The molecule has 1 N–H and O–H groups in total. The summed E-state index contributed by atoms with van der Waals surface area (Å²) in [6, 6.07) is 7.83. The molecule has 7 nitrogen and oxygen atoms in total. The Morgan fingerprint density at radius 1 is 1.02 bits per heavy atom. The zero-order valence-electron chi connectivity index (χ0n) is 25.5. The highest BCUT2D eigenvalue weighted by atomic mass is 16.2. The summed E-state index contributed by atoms with van der Waals surface area (Å²) >= 11 is 0. The molecule has 0 aliphatic heterocycles. The summed E-state index contributed by atoms with van der Waals surface area (Å²) in [5, 5.41) is 2.64. The summed E-state index contributed by atoms with van der Waals surface area (Å²) in [5.74, 6) is -0.597.